The van der Waals surface area contributed by atoms with Crippen molar-refractivity contribution < 1.29 is 24.2 Å². The molecule has 0 spiro atoms. The summed E-state index contributed by atoms with van der Waals surface area (Å²) in [6, 6.07) is 9.23. The molecule has 2 N–H and O–H groups in total. The maximum atomic E-state index is 12.9. The first-order chi connectivity index (χ1) is 14.5. The monoisotopic (exact) mass is 416 g/mol. The molecule has 30 heavy (non-hydrogen) atoms. The van der Waals surface area contributed by atoms with Crippen LogP contribution in [-0.4, -0.2) is 53.6 Å². The number of nitrogens with zero attached hydrogens (tertiary/aromatic N) is 1. The number of aliphatic hydroxyl groups excluding tert-OH is 1. The van der Waals surface area contributed by atoms with E-state index in [9.17, 15) is 19.5 Å². The SMILES string of the molecule is C[C@@H]1COC(=O)CCC/C=C\C[C@@H](CC(=O)N(CCO)Cc2ccccc2)C(=O)N1. The van der Waals surface area contributed by atoms with Gasteiger partial charge in [-0.1, -0.05) is 42.5 Å². The summed E-state index contributed by atoms with van der Waals surface area (Å²) in [5, 5.41) is 12.2. The van der Waals surface area contributed by atoms with Gasteiger partial charge in [-0.05, 0) is 31.7 Å². The zero-order chi connectivity index (χ0) is 21.8. The largest absolute Gasteiger partial charge is 0.464 e. The topological polar surface area (TPSA) is 95.9 Å². The summed E-state index contributed by atoms with van der Waals surface area (Å²) in [5.74, 6) is -1.20. The zero-order valence-electron chi connectivity index (χ0n) is 17.6. The van der Waals surface area contributed by atoms with Crippen LogP contribution in [-0.2, 0) is 25.7 Å². The number of rotatable bonds is 6. The Morgan fingerprint density at radius 2 is 2.00 bits per heavy atom. The van der Waals surface area contributed by atoms with Crippen molar-refractivity contribution in [2.75, 3.05) is 19.8 Å². The molecule has 164 valence electrons. The van der Waals surface area contributed by atoms with Gasteiger partial charge in [0.1, 0.15) is 6.61 Å². The van der Waals surface area contributed by atoms with Crippen LogP contribution in [0.3, 0.4) is 0 Å². The number of aliphatic hydroxyl groups is 1. The molecule has 7 nitrogen and oxygen atoms in total. The minimum Gasteiger partial charge on any atom is -0.464 e. The molecule has 1 aromatic carbocycles. The lowest BCUT2D eigenvalue weighted by Gasteiger charge is -2.25. The third-order valence-corrected chi connectivity index (χ3v) is 4.95. The summed E-state index contributed by atoms with van der Waals surface area (Å²) in [4.78, 5) is 39.0. The maximum Gasteiger partial charge on any atom is 0.305 e. The van der Waals surface area contributed by atoms with Gasteiger partial charge >= 0.3 is 5.97 Å². The van der Waals surface area contributed by atoms with E-state index in [-0.39, 0.29) is 50.0 Å². The van der Waals surface area contributed by atoms with Crippen molar-refractivity contribution in [3.63, 3.8) is 0 Å². The van der Waals surface area contributed by atoms with Gasteiger partial charge in [-0.25, -0.2) is 0 Å². The van der Waals surface area contributed by atoms with Crippen molar-refractivity contribution in [3.05, 3.63) is 48.0 Å². The van der Waals surface area contributed by atoms with Crippen molar-refractivity contribution in [1.29, 1.82) is 0 Å². The van der Waals surface area contributed by atoms with E-state index >= 15 is 0 Å². The Morgan fingerprint density at radius 3 is 2.73 bits per heavy atom. The Kier molecular flexibility index (Phi) is 10.1. The molecule has 0 radical (unpaired) electrons. The average Bonchev–Trinajstić information content (AvgIpc) is 2.74. The van der Waals surface area contributed by atoms with E-state index in [2.05, 4.69) is 5.32 Å². The molecule has 2 amide bonds. The minimum absolute atomic E-state index is 0.0511. The van der Waals surface area contributed by atoms with E-state index in [0.717, 1.165) is 12.0 Å². The Hall–Kier alpha value is -2.67. The number of carbonyl (C=O) groups excluding carboxylic acids is 3. The Balaban J connectivity index is 2.06. The Morgan fingerprint density at radius 1 is 1.23 bits per heavy atom. The van der Waals surface area contributed by atoms with Crippen LogP contribution in [0.4, 0.5) is 0 Å². The summed E-state index contributed by atoms with van der Waals surface area (Å²) in [6.45, 7) is 2.34. The summed E-state index contributed by atoms with van der Waals surface area (Å²) in [7, 11) is 0. The fourth-order valence-corrected chi connectivity index (χ4v) is 3.27. The van der Waals surface area contributed by atoms with E-state index in [1.54, 1.807) is 11.8 Å². The van der Waals surface area contributed by atoms with E-state index in [0.29, 0.717) is 25.8 Å². The van der Waals surface area contributed by atoms with E-state index in [4.69, 9.17) is 4.74 Å². The third-order valence-electron chi connectivity index (χ3n) is 4.95. The van der Waals surface area contributed by atoms with Gasteiger partial charge in [-0.15, -0.1) is 0 Å². The van der Waals surface area contributed by atoms with Crippen LogP contribution in [0, 0.1) is 5.92 Å². The number of benzene rings is 1. The van der Waals surface area contributed by atoms with E-state index < -0.39 is 5.92 Å². The molecule has 1 aliphatic rings. The number of amides is 2. The molecule has 0 saturated heterocycles. The molecule has 2 atom stereocenters. The van der Waals surface area contributed by atoms with Crippen LogP contribution >= 0.6 is 0 Å². The van der Waals surface area contributed by atoms with Crippen LogP contribution in [0.2, 0.25) is 0 Å². The first-order valence-electron chi connectivity index (χ1n) is 10.5. The van der Waals surface area contributed by atoms with Crippen LogP contribution < -0.4 is 5.32 Å². The predicted octanol–water partition coefficient (Wildman–Crippen LogP) is 2.19. The molecular weight excluding hydrogens is 384 g/mol. The van der Waals surface area contributed by atoms with E-state index in [1.807, 2.05) is 42.5 Å². The zero-order valence-corrected chi connectivity index (χ0v) is 17.6. The fraction of sp³-hybridized carbons (Fsp3) is 0.522. The van der Waals surface area contributed by atoms with Gasteiger partial charge in [-0.2, -0.15) is 0 Å². The highest BCUT2D eigenvalue weighted by atomic mass is 16.5. The molecule has 0 aliphatic carbocycles. The van der Waals surface area contributed by atoms with Gasteiger partial charge in [-0.3, -0.25) is 14.4 Å². The average molecular weight is 417 g/mol. The van der Waals surface area contributed by atoms with Crippen molar-refractivity contribution in [2.24, 2.45) is 5.92 Å². The summed E-state index contributed by atoms with van der Waals surface area (Å²) in [5.41, 5.74) is 0.967. The highest BCUT2D eigenvalue weighted by molar-refractivity contribution is 5.86. The number of hydrogen-bond donors (Lipinski definition) is 2. The van der Waals surface area contributed by atoms with Crippen LogP contribution in [0.5, 0.6) is 0 Å². The minimum atomic E-state index is -0.523. The van der Waals surface area contributed by atoms with Crippen molar-refractivity contribution in [1.82, 2.24) is 10.2 Å². The molecule has 0 saturated carbocycles. The van der Waals surface area contributed by atoms with Crippen molar-refractivity contribution in [2.45, 2.75) is 51.6 Å². The van der Waals surface area contributed by atoms with Gasteiger partial charge in [0.25, 0.3) is 0 Å². The maximum absolute atomic E-state index is 12.9. The summed E-state index contributed by atoms with van der Waals surface area (Å²) in [6.07, 6.45) is 6.09. The molecule has 1 heterocycles. The molecule has 0 unspecified atom stereocenters. The predicted molar refractivity (Wildman–Crippen MR) is 113 cm³/mol. The number of hydrogen-bond acceptors (Lipinski definition) is 5. The van der Waals surface area contributed by atoms with Crippen LogP contribution in [0.1, 0.15) is 44.6 Å². The van der Waals surface area contributed by atoms with Gasteiger partial charge in [0.15, 0.2) is 0 Å². The van der Waals surface area contributed by atoms with Gasteiger partial charge in [0.2, 0.25) is 11.8 Å². The van der Waals surface area contributed by atoms with Crippen molar-refractivity contribution in [3.8, 4) is 0 Å². The fourth-order valence-electron chi connectivity index (χ4n) is 3.27. The highest BCUT2D eigenvalue weighted by Crippen LogP contribution is 2.16. The van der Waals surface area contributed by atoms with Gasteiger partial charge in [0, 0.05) is 25.9 Å². The van der Waals surface area contributed by atoms with Crippen LogP contribution in [0.25, 0.3) is 0 Å². The first kappa shape index (κ1) is 23.6. The second kappa shape index (κ2) is 12.8. The molecule has 0 bridgehead atoms. The molecular formula is C23H32N2O5. The smallest absolute Gasteiger partial charge is 0.305 e. The Labute approximate surface area is 178 Å². The third kappa shape index (κ3) is 8.37. The number of ether oxygens (including phenoxy) is 1. The summed E-state index contributed by atoms with van der Waals surface area (Å²) >= 11 is 0. The van der Waals surface area contributed by atoms with Crippen LogP contribution in [0.15, 0.2) is 42.5 Å². The molecule has 1 aliphatic heterocycles. The van der Waals surface area contributed by atoms with Gasteiger partial charge in [0.05, 0.1) is 18.6 Å². The number of carbonyl (C=O) groups is 3. The first-order valence-corrected chi connectivity index (χ1v) is 10.5. The van der Waals surface area contributed by atoms with E-state index in [1.165, 1.54) is 0 Å². The normalized spacial score (nSPS) is 21.9. The van der Waals surface area contributed by atoms with Gasteiger partial charge < -0.3 is 20.1 Å². The number of cyclic esters (lactones) is 1. The number of nitrogens with one attached hydrogen (secondary N) is 1. The quantitative estimate of drug-likeness (QED) is 0.547. The number of allylic oxidation sites excluding steroid dienone is 2. The molecule has 1 aromatic rings. The summed E-state index contributed by atoms with van der Waals surface area (Å²) < 4.78 is 5.19. The molecule has 0 fully saturated rings. The second-order valence-corrected chi connectivity index (χ2v) is 7.62. The van der Waals surface area contributed by atoms with Crippen molar-refractivity contribution >= 4 is 17.8 Å². The number of esters is 1. The highest BCUT2D eigenvalue weighted by Gasteiger charge is 2.25. The molecule has 7 heteroatoms. The standard InChI is InChI=1S/C23H32N2O5/c1-18-17-30-22(28)12-8-3-2-7-11-20(23(29)24-18)15-21(27)25(13-14-26)16-19-9-5-4-6-10-19/h2,4-7,9-10,18,20,26H,3,8,11-17H2,1H3,(H,24,29)/b7-2-/t18-,20+/m1/s1. The Bertz CT molecular complexity index is 720. The lowest BCUT2D eigenvalue weighted by atomic mass is 9.98. The lowest BCUT2D eigenvalue weighted by molar-refractivity contribution is -0.145. The molecule has 0 aromatic heterocycles. The second-order valence-electron chi connectivity index (χ2n) is 7.62. The molecule has 2 rings (SSSR count). The lowest BCUT2D eigenvalue weighted by Crippen LogP contribution is -2.42.